The van der Waals surface area contributed by atoms with Gasteiger partial charge in [-0.2, -0.15) is 0 Å². The number of aryl methyl sites for hydroxylation is 1. The molecule has 1 amide bonds. The molecular weight excluding hydrogens is 212 g/mol. The van der Waals surface area contributed by atoms with Crippen LogP contribution in [0.5, 0.6) is 0 Å². The third-order valence-corrected chi connectivity index (χ3v) is 2.95. The van der Waals surface area contributed by atoms with E-state index in [0.717, 1.165) is 18.4 Å². The standard InChI is InChI=1S/C14H22N2O/c1-4-7-13(15)14(17)16-11(3)12-9-6-5-8-10(12)2/h5-6,8-9,11,13H,4,7,15H2,1-3H3,(H,16,17)/t11-,13?/m1/s1. The highest BCUT2D eigenvalue weighted by atomic mass is 16.2. The fraction of sp³-hybridized carbons (Fsp3) is 0.500. The van der Waals surface area contributed by atoms with Crippen LogP contribution in [0.25, 0.3) is 0 Å². The third kappa shape index (κ3) is 3.86. The normalized spacial score (nSPS) is 14.1. The number of amides is 1. The van der Waals surface area contributed by atoms with Crippen LogP contribution in [0.1, 0.15) is 43.9 Å². The van der Waals surface area contributed by atoms with Crippen molar-refractivity contribution in [3.8, 4) is 0 Å². The topological polar surface area (TPSA) is 55.1 Å². The van der Waals surface area contributed by atoms with E-state index < -0.39 is 6.04 Å². The number of hydrogen-bond donors (Lipinski definition) is 2. The largest absolute Gasteiger partial charge is 0.348 e. The van der Waals surface area contributed by atoms with E-state index in [0.29, 0.717) is 0 Å². The molecule has 0 spiro atoms. The van der Waals surface area contributed by atoms with Gasteiger partial charge < -0.3 is 11.1 Å². The summed E-state index contributed by atoms with van der Waals surface area (Å²) in [4.78, 5) is 11.8. The Morgan fingerprint density at radius 3 is 2.65 bits per heavy atom. The number of rotatable bonds is 5. The Labute approximate surface area is 103 Å². The SMILES string of the molecule is CCCC(N)C(=O)N[C@H](C)c1ccccc1C. The quantitative estimate of drug-likeness (QED) is 0.821. The van der Waals surface area contributed by atoms with Crippen molar-refractivity contribution in [2.75, 3.05) is 0 Å². The molecular formula is C14H22N2O. The lowest BCUT2D eigenvalue weighted by Gasteiger charge is -2.19. The number of nitrogens with one attached hydrogen (secondary N) is 1. The molecule has 3 heteroatoms. The molecule has 0 radical (unpaired) electrons. The van der Waals surface area contributed by atoms with E-state index >= 15 is 0 Å². The Bertz CT molecular complexity index is 376. The first-order valence-corrected chi connectivity index (χ1v) is 6.17. The van der Waals surface area contributed by atoms with Crippen molar-refractivity contribution < 1.29 is 4.79 Å². The first kappa shape index (κ1) is 13.7. The summed E-state index contributed by atoms with van der Waals surface area (Å²) >= 11 is 0. The van der Waals surface area contributed by atoms with Crippen LogP contribution in [-0.4, -0.2) is 11.9 Å². The zero-order valence-electron chi connectivity index (χ0n) is 10.9. The summed E-state index contributed by atoms with van der Waals surface area (Å²) in [6.45, 7) is 6.06. The molecule has 17 heavy (non-hydrogen) atoms. The number of carbonyl (C=O) groups is 1. The monoisotopic (exact) mass is 234 g/mol. The van der Waals surface area contributed by atoms with Gasteiger partial charge in [-0.05, 0) is 31.4 Å². The van der Waals surface area contributed by atoms with Crippen LogP contribution in [-0.2, 0) is 4.79 Å². The summed E-state index contributed by atoms with van der Waals surface area (Å²) in [7, 11) is 0. The molecule has 1 rings (SSSR count). The molecule has 0 aromatic heterocycles. The fourth-order valence-electron chi connectivity index (χ4n) is 1.91. The second kappa shape index (κ2) is 6.40. The van der Waals surface area contributed by atoms with Gasteiger partial charge in [0.2, 0.25) is 5.91 Å². The van der Waals surface area contributed by atoms with Crippen molar-refractivity contribution in [2.24, 2.45) is 5.73 Å². The second-order valence-electron chi connectivity index (χ2n) is 4.48. The Hall–Kier alpha value is -1.35. The van der Waals surface area contributed by atoms with Crippen molar-refractivity contribution in [1.29, 1.82) is 0 Å². The zero-order chi connectivity index (χ0) is 12.8. The molecule has 94 valence electrons. The summed E-state index contributed by atoms with van der Waals surface area (Å²) in [5.74, 6) is -0.0670. The van der Waals surface area contributed by atoms with E-state index in [-0.39, 0.29) is 11.9 Å². The van der Waals surface area contributed by atoms with Crippen LogP contribution >= 0.6 is 0 Å². The molecule has 0 aliphatic heterocycles. The van der Waals surface area contributed by atoms with Gasteiger partial charge in [-0.1, -0.05) is 37.6 Å². The molecule has 0 aliphatic carbocycles. The highest BCUT2D eigenvalue weighted by Gasteiger charge is 2.16. The lowest BCUT2D eigenvalue weighted by molar-refractivity contribution is -0.123. The van der Waals surface area contributed by atoms with E-state index in [1.807, 2.05) is 45.0 Å². The molecule has 0 saturated carbocycles. The van der Waals surface area contributed by atoms with E-state index in [9.17, 15) is 4.79 Å². The van der Waals surface area contributed by atoms with Gasteiger partial charge in [0.15, 0.2) is 0 Å². The van der Waals surface area contributed by atoms with E-state index in [1.165, 1.54) is 5.56 Å². The molecule has 0 fully saturated rings. The van der Waals surface area contributed by atoms with Crippen LogP contribution in [0.3, 0.4) is 0 Å². The minimum absolute atomic E-state index is 0.00612. The predicted molar refractivity (Wildman–Crippen MR) is 70.6 cm³/mol. The van der Waals surface area contributed by atoms with Crippen molar-refractivity contribution in [2.45, 2.75) is 45.7 Å². The molecule has 1 aromatic carbocycles. The zero-order valence-corrected chi connectivity index (χ0v) is 10.9. The van der Waals surface area contributed by atoms with Crippen molar-refractivity contribution in [1.82, 2.24) is 5.32 Å². The first-order valence-electron chi connectivity index (χ1n) is 6.17. The van der Waals surface area contributed by atoms with Gasteiger partial charge >= 0.3 is 0 Å². The maximum Gasteiger partial charge on any atom is 0.237 e. The maximum absolute atomic E-state index is 11.8. The predicted octanol–water partition coefficient (Wildman–Crippen LogP) is 2.30. The van der Waals surface area contributed by atoms with Gasteiger partial charge in [0.05, 0.1) is 12.1 Å². The summed E-state index contributed by atoms with van der Waals surface area (Å²) in [5.41, 5.74) is 8.11. The van der Waals surface area contributed by atoms with Gasteiger partial charge in [0.25, 0.3) is 0 Å². The third-order valence-electron chi connectivity index (χ3n) is 2.95. The number of hydrogen-bond acceptors (Lipinski definition) is 2. The smallest absolute Gasteiger partial charge is 0.237 e. The highest BCUT2D eigenvalue weighted by molar-refractivity contribution is 5.81. The molecule has 1 unspecified atom stereocenters. The molecule has 1 aromatic rings. The van der Waals surface area contributed by atoms with Gasteiger partial charge in [0, 0.05) is 0 Å². The lowest BCUT2D eigenvalue weighted by atomic mass is 10.0. The van der Waals surface area contributed by atoms with E-state index in [2.05, 4.69) is 5.32 Å². The fourth-order valence-corrected chi connectivity index (χ4v) is 1.91. The Morgan fingerprint density at radius 2 is 2.06 bits per heavy atom. The summed E-state index contributed by atoms with van der Waals surface area (Å²) in [6, 6.07) is 7.67. The average Bonchev–Trinajstić information content (AvgIpc) is 2.29. The van der Waals surface area contributed by atoms with Gasteiger partial charge in [0.1, 0.15) is 0 Å². The second-order valence-corrected chi connectivity index (χ2v) is 4.48. The van der Waals surface area contributed by atoms with Crippen LogP contribution < -0.4 is 11.1 Å². The number of benzene rings is 1. The minimum atomic E-state index is -0.397. The molecule has 0 heterocycles. The highest BCUT2D eigenvalue weighted by Crippen LogP contribution is 2.16. The van der Waals surface area contributed by atoms with E-state index in [4.69, 9.17) is 5.73 Å². The summed E-state index contributed by atoms with van der Waals surface area (Å²) in [6.07, 6.45) is 1.65. The van der Waals surface area contributed by atoms with Gasteiger partial charge in [-0.25, -0.2) is 0 Å². The molecule has 0 aliphatic rings. The molecule has 2 atom stereocenters. The Balaban J connectivity index is 2.63. The average molecular weight is 234 g/mol. The first-order chi connectivity index (χ1) is 8.06. The van der Waals surface area contributed by atoms with Crippen LogP contribution in [0.2, 0.25) is 0 Å². The van der Waals surface area contributed by atoms with Crippen LogP contribution in [0.4, 0.5) is 0 Å². The summed E-state index contributed by atoms with van der Waals surface area (Å²) in [5, 5.41) is 2.96. The van der Waals surface area contributed by atoms with Crippen molar-refractivity contribution in [3.05, 3.63) is 35.4 Å². The van der Waals surface area contributed by atoms with Crippen LogP contribution in [0, 0.1) is 6.92 Å². The number of carbonyl (C=O) groups excluding carboxylic acids is 1. The summed E-state index contributed by atoms with van der Waals surface area (Å²) < 4.78 is 0. The van der Waals surface area contributed by atoms with Gasteiger partial charge in [-0.3, -0.25) is 4.79 Å². The van der Waals surface area contributed by atoms with E-state index in [1.54, 1.807) is 0 Å². The van der Waals surface area contributed by atoms with Crippen molar-refractivity contribution >= 4 is 5.91 Å². The molecule has 0 bridgehead atoms. The van der Waals surface area contributed by atoms with Gasteiger partial charge in [-0.15, -0.1) is 0 Å². The Morgan fingerprint density at radius 1 is 1.41 bits per heavy atom. The minimum Gasteiger partial charge on any atom is -0.348 e. The molecule has 3 nitrogen and oxygen atoms in total. The maximum atomic E-state index is 11.8. The lowest BCUT2D eigenvalue weighted by Crippen LogP contribution is -2.41. The number of nitrogens with two attached hydrogens (primary N) is 1. The van der Waals surface area contributed by atoms with Crippen molar-refractivity contribution in [3.63, 3.8) is 0 Å². The van der Waals surface area contributed by atoms with Crippen LogP contribution in [0.15, 0.2) is 24.3 Å². The molecule has 0 saturated heterocycles. The molecule has 3 N–H and O–H groups in total. The Kier molecular flexibility index (Phi) is 5.16.